The minimum absolute atomic E-state index is 0.0418. The second-order valence-corrected chi connectivity index (χ2v) is 9.26. The lowest BCUT2D eigenvalue weighted by molar-refractivity contribution is -0.371. The highest BCUT2D eigenvalue weighted by molar-refractivity contribution is 5.87. The van der Waals surface area contributed by atoms with Gasteiger partial charge in [-0.15, -0.1) is 0 Å². The number of aliphatic hydroxyl groups is 5. The zero-order valence-corrected chi connectivity index (χ0v) is 19.6. The first-order valence-electron chi connectivity index (χ1n) is 11.6. The zero-order valence-electron chi connectivity index (χ0n) is 19.6. The third kappa shape index (κ3) is 4.47. The average molecular weight is 524 g/mol. The number of esters is 1. The van der Waals surface area contributed by atoms with Crippen molar-refractivity contribution in [1.82, 2.24) is 0 Å². The van der Waals surface area contributed by atoms with Crippen molar-refractivity contribution < 1.29 is 63.9 Å². The number of carbonyl (C=O) groups excluding carboxylic acids is 1. The van der Waals surface area contributed by atoms with Gasteiger partial charge in [0, 0.05) is 12.0 Å². The lowest BCUT2D eigenvalue weighted by atomic mass is 9.85. The van der Waals surface area contributed by atoms with Gasteiger partial charge in [0.05, 0.1) is 25.9 Å². The van der Waals surface area contributed by atoms with E-state index in [1.54, 1.807) is 18.2 Å². The molecule has 1 aromatic rings. The molecule has 37 heavy (non-hydrogen) atoms. The molecule has 0 aromatic heterocycles. The van der Waals surface area contributed by atoms with Gasteiger partial charge in [-0.1, -0.05) is 6.07 Å². The van der Waals surface area contributed by atoms with Crippen LogP contribution in [0.25, 0.3) is 6.08 Å². The van der Waals surface area contributed by atoms with Crippen LogP contribution in [-0.4, -0.2) is 105 Å². The highest BCUT2D eigenvalue weighted by Crippen LogP contribution is 2.60. The van der Waals surface area contributed by atoms with Crippen LogP contribution in [0.2, 0.25) is 0 Å². The van der Waals surface area contributed by atoms with Crippen LogP contribution >= 0.6 is 0 Å². The fourth-order valence-corrected chi connectivity index (χ4v) is 5.19. The number of hydrogen-bond acceptors (Lipinski definition) is 13. The largest absolute Gasteiger partial charge is 0.504 e. The molecule has 0 radical (unpaired) electrons. The second-order valence-electron chi connectivity index (χ2n) is 9.26. The van der Waals surface area contributed by atoms with Gasteiger partial charge < -0.3 is 59.1 Å². The summed E-state index contributed by atoms with van der Waals surface area (Å²) in [5.74, 6) is -1.68. The molecule has 1 aliphatic carbocycles. The van der Waals surface area contributed by atoms with Crippen LogP contribution in [0.15, 0.2) is 36.6 Å². The van der Waals surface area contributed by atoms with Crippen molar-refractivity contribution in [2.24, 2.45) is 11.8 Å². The topological polar surface area (TPSA) is 197 Å². The van der Waals surface area contributed by atoms with Gasteiger partial charge in [0.25, 0.3) is 0 Å². The molecule has 6 N–H and O–H groups in total. The first kappa shape index (κ1) is 25.9. The fraction of sp³-hybridized carbons (Fsp3) is 0.542. The van der Waals surface area contributed by atoms with Crippen LogP contribution in [0.1, 0.15) is 5.56 Å². The van der Waals surface area contributed by atoms with Crippen LogP contribution in [-0.2, 0) is 28.5 Å². The molecule has 1 aromatic carbocycles. The standard InChI is InChI=1S/C24H28O13/c1-32-13-8-10(2-4-12(13)26)3-5-14(27)34-19-11-6-7-33-22(15(11)24(9-25)20(19)37-24)36-23-18(30)16(28)17(29)21(31)35-23/h2-8,11,15-23,25-26,28-31H,9H2,1H3/b5-3+/t11-,15-,16?,17-,18+,19+,20+,21?,22+,23+,24-/m1/s1. The minimum Gasteiger partial charge on any atom is -0.504 e. The minimum atomic E-state index is -1.81. The van der Waals surface area contributed by atoms with E-state index in [-0.39, 0.29) is 11.5 Å². The smallest absolute Gasteiger partial charge is 0.331 e. The molecule has 1 saturated carbocycles. The van der Waals surface area contributed by atoms with Crippen molar-refractivity contribution in [3.05, 3.63) is 42.2 Å². The molecule has 2 saturated heterocycles. The molecule has 0 amide bonds. The van der Waals surface area contributed by atoms with Crippen LogP contribution in [0.4, 0.5) is 0 Å². The maximum atomic E-state index is 12.6. The first-order chi connectivity index (χ1) is 17.7. The maximum absolute atomic E-state index is 12.6. The zero-order chi connectivity index (χ0) is 26.5. The van der Waals surface area contributed by atoms with Gasteiger partial charge in [0.15, 0.2) is 24.1 Å². The molecule has 11 atom stereocenters. The number of aliphatic hydroxyl groups excluding tert-OH is 5. The number of benzene rings is 1. The van der Waals surface area contributed by atoms with Gasteiger partial charge in [0.1, 0.15) is 36.1 Å². The van der Waals surface area contributed by atoms with E-state index >= 15 is 0 Å². The number of carbonyl (C=O) groups is 1. The molecule has 13 heteroatoms. The van der Waals surface area contributed by atoms with E-state index in [0.29, 0.717) is 5.56 Å². The summed E-state index contributed by atoms with van der Waals surface area (Å²) in [4.78, 5) is 12.6. The predicted molar refractivity (Wildman–Crippen MR) is 119 cm³/mol. The number of fused-ring (bicyclic) bond motifs is 3. The van der Waals surface area contributed by atoms with Crippen LogP contribution < -0.4 is 4.74 Å². The van der Waals surface area contributed by atoms with Crippen LogP contribution in [0.5, 0.6) is 11.5 Å². The number of phenols is 1. The van der Waals surface area contributed by atoms with E-state index in [9.17, 15) is 35.4 Å². The number of phenolic OH excluding ortho intramolecular Hbond substituents is 1. The number of methoxy groups -OCH3 is 1. The number of rotatable bonds is 7. The Hall–Kier alpha value is -2.75. The highest BCUT2D eigenvalue weighted by atomic mass is 16.8. The Labute approximate surface area is 210 Å². The summed E-state index contributed by atoms with van der Waals surface area (Å²) in [5.41, 5.74) is -0.571. The van der Waals surface area contributed by atoms with Gasteiger partial charge in [-0.3, -0.25) is 0 Å². The normalized spacial score (nSPS) is 42.1. The molecule has 202 valence electrons. The molecule has 3 heterocycles. The maximum Gasteiger partial charge on any atom is 0.331 e. The van der Waals surface area contributed by atoms with Crippen LogP contribution in [0.3, 0.4) is 0 Å². The molecule has 0 spiro atoms. The molecular weight excluding hydrogens is 496 g/mol. The molecular formula is C24H28O13. The van der Waals surface area contributed by atoms with Crippen molar-refractivity contribution in [1.29, 1.82) is 0 Å². The molecule has 0 bridgehead atoms. The van der Waals surface area contributed by atoms with Crippen molar-refractivity contribution >= 4 is 12.0 Å². The summed E-state index contributed by atoms with van der Waals surface area (Å²) in [6, 6.07) is 4.56. The predicted octanol–water partition coefficient (Wildman–Crippen LogP) is -1.65. The quantitative estimate of drug-likeness (QED) is 0.135. The van der Waals surface area contributed by atoms with E-state index in [4.69, 9.17) is 28.4 Å². The van der Waals surface area contributed by atoms with E-state index in [2.05, 4.69) is 0 Å². The number of ether oxygens (including phenoxy) is 6. The molecule has 3 aliphatic heterocycles. The molecule has 5 rings (SSSR count). The molecule has 3 fully saturated rings. The van der Waals surface area contributed by atoms with E-state index in [0.717, 1.165) is 0 Å². The van der Waals surface area contributed by atoms with Crippen molar-refractivity contribution in [2.45, 2.75) is 55.0 Å². The molecule has 13 nitrogen and oxygen atoms in total. The Balaban J connectivity index is 1.29. The third-order valence-electron chi connectivity index (χ3n) is 7.16. The van der Waals surface area contributed by atoms with Gasteiger partial charge in [-0.05, 0) is 29.8 Å². The number of hydrogen-bond donors (Lipinski definition) is 6. The second kappa shape index (κ2) is 9.85. The van der Waals surface area contributed by atoms with E-state index in [1.165, 1.54) is 31.6 Å². The van der Waals surface area contributed by atoms with E-state index in [1.807, 2.05) is 0 Å². The summed E-state index contributed by atoms with van der Waals surface area (Å²) < 4.78 is 32.8. The SMILES string of the molecule is COc1cc(/C=C/C(=O)O[C@H]2[C@@H]3C=CO[C@@H](O[C@@H]4OC(O)[C@H](O)C(O)[C@@H]4O)[C@@H]3[C@@]3(CO)O[C@@H]23)ccc1O. The van der Waals surface area contributed by atoms with E-state index < -0.39 is 79.4 Å². The summed E-state index contributed by atoms with van der Waals surface area (Å²) in [7, 11) is 1.41. The van der Waals surface area contributed by atoms with Gasteiger partial charge in [0.2, 0.25) is 6.29 Å². The fourth-order valence-electron chi connectivity index (χ4n) is 5.19. The Morgan fingerprint density at radius 1 is 1.14 bits per heavy atom. The lowest BCUT2D eigenvalue weighted by Gasteiger charge is -2.42. The van der Waals surface area contributed by atoms with Gasteiger partial charge in [-0.25, -0.2) is 4.79 Å². The van der Waals surface area contributed by atoms with Crippen molar-refractivity contribution in [2.75, 3.05) is 13.7 Å². The first-order valence-corrected chi connectivity index (χ1v) is 11.6. The molecule has 2 unspecified atom stereocenters. The Morgan fingerprint density at radius 2 is 1.92 bits per heavy atom. The van der Waals surface area contributed by atoms with Crippen molar-refractivity contribution in [3.63, 3.8) is 0 Å². The monoisotopic (exact) mass is 524 g/mol. The summed E-state index contributed by atoms with van der Waals surface area (Å²) in [5, 5.41) is 59.5. The van der Waals surface area contributed by atoms with Gasteiger partial charge in [-0.2, -0.15) is 0 Å². The summed E-state index contributed by atoms with van der Waals surface area (Å²) >= 11 is 0. The van der Waals surface area contributed by atoms with Crippen LogP contribution in [0, 0.1) is 11.8 Å². The lowest BCUT2D eigenvalue weighted by Crippen LogP contribution is -2.59. The Morgan fingerprint density at radius 3 is 2.65 bits per heavy atom. The summed E-state index contributed by atoms with van der Waals surface area (Å²) in [6.07, 6.45) is -5.53. The van der Waals surface area contributed by atoms with Gasteiger partial charge >= 0.3 is 5.97 Å². The highest BCUT2D eigenvalue weighted by Gasteiger charge is 2.77. The Bertz CT molecular complexity index is 1070. The van der Waals surface area contributed by atoms with Crippen molar-refractivity contribution in [3.8, 4) is 11.5 Å². The Kier molecular flexibility index (Phi) is 6.89. The number of aromatic hydroxyl groups is 1. The average Bonchev–Trinajstić information content (AvgIpc) is 3.57. The summed E-state index contributed by atoms with van der Waals surface area (Å²) in [6.45, 7) is -0.439. The third-order valence-corrected chi connectivity index (χ3v) is 7.16. The number of epoxide rings is 1. The molecule has 4 aliphatic rings.